The molecule has 35 heavy (non-hydrogen) atoms. The van der Waals surface area contributed by atoms with Crippen LogP contribution < -0.4 is 10.6 Å². The number of carboxylic acids is 1. The van der Waals surface area contributed by atoms with Crippen molar-refractivity contribution < 1.29 is 29.3 Å². The number of aliphatic hydroxyl groups excluding tert-OH is 1. The van der Waals surface area contributed by atoms with E-state index >= 15 is 0 Å². The van der Waals surface area contributed by atoms with Crippen molar-refractivity contribution in [2.75, 3.05) is 18.5 Å². The summed E-state index contributed by atoms with van der Waals surface area (Å²) in [5.74, 6) is -1.98. The van der Waals surface area contributed by atoms with Crippen molar-refractivity contribution >= 4 is 39.6 Å². The Morgan fingerprint density at radius 1 is 0.971 bits per heavy atom. The molecule has 0 heterocycles. The number of amides is 2. The first-order valence-electron chi connectivity index (χ1n) is 10.9. The van der Waals surface area contributed by atoms with Crippen LogP contribution in [0.15, 0.2) is 71.2 Å². The van der Waals surface area contributed by atoms with E-state index in [0.29, 0.717) is 10.2 Å². The first-order chi connectivity index (χ1) is 16.9. The number of rotatable bonds is 8. The van der Waals surface area contributed by atoms with Crippen molar-refractivity contribution in [2.45, 2.75) is 18.4 Å². The van der Waals surface area contributed by atoms with Gasteiger partial charge in [0, 0.05) is 29.0 Å². The van der Waals surface area contributed by atoms with Crippen molar-refractivity contribution in [3.63, 3.8) is 0 Å². The van der Waals surface area contributed by atoms with Crippen LogP contribution in [0.2, 0.25) is 0 Å². The maximum Gasteiger partial charge on any atom is 0.411 e. The van der Waals surface area contributed by atoms with E-state index in [1.165, 1.54) is 12.1 Å². The van der Waals surface area contributed by atoms with Crippen molar-refractivity contribution in [1.82, 2.24) is 5.32 Å². The predicted octanol–water partition coefficient (Wildman–Crippen LogP) is 4.38. The summed E-state index contributed by atoms with van der Waals surface area (Å²) in [7, 11) is 0. The molecule has 8 nitrogen and oxygen atoms in total. The molecule has 0 saturated carbocycles. The van der Waals surface area contributed by atoms with E-state index in [4.69, 9.17) is 9.84 Å². The van der Waals surface area contributed by atoms with Gasteiger partial charge in [0.2, 0.25) is 0 Å². The second-order valence-corrected chi connectivity index (χ2v) is 8.88. The van der Waals surface area contributed by atoms with E-state index in [1.54, 1.807) is 6.07 Å². The fraction of sp³-hybridized carbons (Fsp3) is 0.192. The molecular weight excluding hydrogens is 516 g/mol. The third-order valence-electron chi connectivity index (χ3n) is 5.83. The van der Waals surface area contributed by atoms with Gasteiger partial charge in [0.25, 0.3) is 5.91 Å². The summed E-state index contributed by atoms with van der Waals surface area (Å²) in [4.78, 5) is 36.4. The number of carboxylic acid groups (broad SMARTS) is 1. The van der Waals surface area contributed by atoms with Gasteiger partial charge in [0.05, 0.1) is 5.69 Å². The third kappa shape index (κ3) is 5.36. The molecule has 0 unspecified atom stereocenters. The van der Waals surface area contributed by atoms with Gasteiger partial charge in [-0.1, -0.05) is 48.5 Å². The van der Waals surface area contributed by atoms with Crippen LogP contribution in [0.4, 0.5) is 10.5 Å². The zero-order chi connectivity index (χ0) is 24.9. The monoisotopic (exact) mass is 538 g/mol. The van der Waals surface area contributed by atoms with Gasteiger partial charge in [-0.3, -0.25) is 10.1 Å². The van der Waals surface area contributed by atoms with Crippen molar-refractivity contribution in [3.8, 4) is 11.1 Å². The normalized spacial score (nSPS) is 12.9. The van der Waals surface area contributed by atoms with Gasteiger partial charge in [0.1, 0.15) is 12.6 Å². The average Bonchev–Trinajstić information content (AvgIpc) is 3.17. The zero-order valence-electron chi connectivity index (χ0n) is 18.5. The Bertz CT molecular complexity index is 1230. The molecule has 0 saturated heterocycles. The number of aliphatic hydroxyl groups is 1. The molecule has 4 N–H and O–H groups in total. The van der Waals surface area contributed by atoms with E-state index in [9.17, 15) is 19.5 Å². The van der Waals surface area contributed by atoms with Crippen molar-refractivity contribution in [2.24, 2.45) is 0 Å². The molecule has 0 fully saturated rings. The molecule has 0 radical (unpaired) electrons. The van der Waals surface area contributed by atoms with E-state index in [-0.39, 0.29) is 31.1 Å². The summed E-state index contributed by atoms with van der Waals surface area (Å²) in [6.07, 6.45) is -0.809. The highest BCUT2D eigenvalue weighted by atomic mass is 79.9. The summed E-state index contributed by atoms with van der Waals surface area (Å²) in [6, 6.07) is 19.3. The molecule has 9 heteroatoms. The molecule has 0 spiro atoms. The lowest BCUT2D eigenvalue weighted by Gasteiger charge is -2.16. The lowest BCUT2D eigenvalue weighted by atomic mass is 9.98. The summed E-state index contributed by atoms with van der Waals surface area (Å²) in [6.45, 7) is -0.245. The summed E-state index contributed by atoms with van der Waals surface area (Å²) < 4.78 is 6.07. The van der Waals surface area contributed by atoms with Crippen LogP contribution in [-0.4, -0.2) is 47.4 Å². The molecule has 0 bridgehead atoms. The average molecular weight is 539 g/mol. The topological polar surface area (TPSA) is 125 Å². The summed E-state index contributed by atoms with van der Waals surface area (Å²) >= 11 is 3.34. The number of halogens is 1. The van der Waals surface area contributed by atoms with E-state index in [1.807, 2.05) is 36.4 Å². The molecule has 3 aromatic carbocycles. The maximum absolute atomic E-state index is 12.6. The SMILES string of the molecule is O=C(Nc1cc(C(=O)N[C@H](CCO)C(=O)O)ccc1Br)OCC1c2ccccc2-c2ccccc21. The molecule has 180 valence electrons. The lowest BCUT2D eigenvalue weighted by Crippen LogP contribution is -2.41. The number of anilines is 1. The number of hydrogen-bond acceptors (Lipinski definition) is 5. The minimum absolute atomic E-state index is 0.0896. The molecular formula is C26H23BrN2O6. The smallest absolute Gasteiger partial charge is 0.411 e. The van der Waals surface area contributed by atoms with Crippen molar-refractivity contribution in [3.05, 3.63) is 87.9 Å². The Morgan fingerprint density at radius 2 is 1.60 bits per heavy atom. The van der Waals surface area contributed by atoms with Crippen LogP contribution in [0.25, 0.3) is 11.1 Å². The minimum atomic E-state index is -1.25. The number of fused-ring (bicyclic) bond motifs is 3. The number of aliphatic carboxylic acids is 1. The zero-order valence-corrected chi connectivity index (χ0v) is 20.1. The van der Waals surface area contributed by atoms with Crippen LogP contribution >= 0.6 is 15.9 Å². The van der Waals surface area contributed by atoms with Crippen LogP contribution in [0.3, 0.4) is 0 Å². The number of carbonyl (C=O) groups excluding carboxylic acids is 2. The number of hydrogen-bond donors (Lipinski definition) is 4. The fourth-order valence-electron chi connectivity index (χ4n) is 4.13. The Labute approximate surface area is 210 Å². The standard InChI is InChI=1S/C26H23BrN2O6/c27-21-10-9-15(24(31)28-22(11-12-30)25(32)33)13-23(21)29-26(34)35-14-20-18-7-3-1-5-16(18)17-6-2-4-8-19(17)20/h1-10,13,20,22,30H,11-12,14H2,(H,28,31)(H,29,34)(H,32,33)/t22-/m1/s1. The van der Waals surface area contributed by atoms with Gasteiger partial charge in [0.15, 0.2) is 0 Å². The number of carbonyl (C=O) groups is 3. The van der Waals surface area contributed by atoms with Gasteiger partial charge < -0.3 is 20.3 Å². The second kappa shape index (κ2) is 10.7. The van der Waals surface area contributed by atoms with Crippen LogP contribution in [0.1, 0.15) is 33.8 Å². The lowest BCUT2D eigenvalue weighted by molar-refractivity contribution is -0.139. The van der Waals surface area contributed by atoms with Gasteiger partial charge in [-0.15, -0.1) is 0 Å². The maximum atomic E-state index is 12.6. The molecule has 1 aliphatic carbocycles. The first kappa shape index (κ1) is 24.4. The first-order valence-corrected chi connectivity index (χ1v) is 11.7. The molecule has 2 amide bonds. The minimum Gasteiger partial charge on any atom is -0.480 e. The van der Waals surface area contributed by atoms with Crippen molar-refractivity contribution in [1.29, 1.82) is 0 Å². The third-order valence-corrected chi connectivity index (χ3v) is 6.52. The van der Waals surface area contributed by atoms with E-state index in [2.05, 4.69) is 38.7 Å². The number of ether oxygens (including phenoxy) is 1. The quantitative estimate of drug-likeness (QED) is 0.337. The van der Waals surface area contributed by atoms with Gasteiger partial charge >= 0.3 is 12.1 Å². The highest BCUT2D eigenvalue weighted by Gasteiger charge is 2.29. The molecule has 3 aromatic rings. The van der Waals surface area contributed by atoms with Crippen LogP contribution in [0, 0.1) is 0 Å². The van der Waals surface area contributed by atoms with Gasteiger partial charge in [-0.2, -0.15) is 0 Å². The molecule has 4 rings (SSSR count). The summed E-state index contributed by atoms with van der Waals surface area (Å²) in [5.41, 5.74) is 4.88. The van der Waals surface area contributed by atoms with Gasteiger partial charge in [-0.05, 0) is 56.4 Å². The second-order valence-electron chi connectivity index (χ2n) is 8.02. The van der Waals surface area contributed by atoms with Crippen LogP contribution in [0.5, 0.6) is 0 Å². The molecule has 0 aromatic heterocycles. The fourth-order valence-corrected chi connectivity index (χ4v) is 4.48. The van der Waals surface area contributed by atoms with E-state index < -0.39 is 24.0 Å². The van der Waals surface area contributed by atoms with Crippen LogP contribution in [-0.2, 0) is 9.53 Å². The predicted molar refractivity (Wildman–Crippen MR) is 133 cm³/mol. The number of benzene rings is 3. The Kier molecular flexibility index (Phi) is 7.48. The molecule has 1 aliphatic rings. The van der Waals surface area contributed by atoms with Gasteiger partial charge in [-0.25, -0.2) is 9.59 Å². The highest BCUT2D eigenvalue weighted by molar-refractivity contribution is 9.10. The molecule has 0 aliphatic heterocycles. The number of nitrogens with one attached hydrogen (secondary N) is 2. The Balaban J connectivity index is 1.43. The highest BCUT2D eigenvalue weighted by Crippen LogP contribution is 2.44. The largest absolute Gasteiger partial charge is 0.480 e. The Hall–Kier alpha value is -3.69. The summed E-state index contributed by atoms with van der Waals surface area (Å²) in [5, 5.41) is 23.2. The Morgan fingerprint density at radius 3 is 2.20 bits per heavy atom. The van der Waals surface area contributed by atoms with E-state index in [0.717, 1.165) is 22.3 Å². The molecule has 1 atom stereocenters.